The Bertz CT molecular complexity index is 370. The standard InChI is InChI=1S/C10H11ClN2OS.ClH/c11-7-3-1-2-4-8(7)13-10(14)9-5-15-6-12-9;/h1-4,9,12H,5-6H2,(H,13,14);1H. The zero-order chi connectivity index (χ0) is 10.7. The number of para-hydroxylation sites is 1. The molecule has 3 nitrogen and oxygen atoms in total. The average molecular weight is 279 g/mol. The van der Waals surface area contributed by atoms with Crippen molar-refractivity contribution in [2.75, 3.05) is 16.9 Å². The second kappa shape index (κ2) is 6.35. The maximum atomic E-state index is 11.7. The molecule has 1 heterocycles. The highest BCUT2D eigenvalue weighted by Gasteiger charge is 2.22. The molecule has 0 aliphatic carbocycles. The third kappa shape index (κ3) is 3.28. The Morgan fingerprint density at radius 1 is 1.50 bits per heavy atom. The highest BCUT2D eigenvalue weighted by Crippen LogP contribution is 2.21. The van der Waals surface area contributed by atoms with Crippen molar-refractivity contribution in [2.24, 2.45) is 0 Å². The summed E-state index contributed by atoms with van der Waals surface area (Å²) in [5.41, 5.74) is 0.669. The first kappa shape index (κ1) is 13.6. The minimum atomic E-state index is -0.105. The first-order chi connectivity index (χ1) is 7.27. The molecule has 0 bridgehead atoms. The molecule has 6 heteroatoms. The number of benzene rings is 1. The summed E-state index contributed by atoms with van der Waals surface area (Å²) in [7, 11) is 0. The molecule has 2 N–H and O–H groups in total. The van der Waals surface area contributed by atoms with E-state index in [2.05, 4.69) is 10.6 Å². The van der Waals surface area contributed by atoms with Gasteiger partial charge in [-0.2, -0.15) is 0 Å². The number of hydrogen-bond donors (Lipinski definition) is 2. The van der Waals surface area contributed by atoms with Crippen LogP contribution in [0.15, 0.2) is 24.3 Å². The third-order valence-electron chi connectivity index (χ3n) is 2.16. The SMILES string of the molecule is Cl.O=C(Nc1ccccc1Cl)C1CSCN1. The molecule has 88 valence electrons. The van der Waals surface area contributed by atoms with Crippen LogP contribution in [0.4, 0.5) is 5.69 Å². The van der Waals surface area contributed by atoms with Gasteiger partial charge in [0.05, 0.1) is 16.8 Å². The summed E-state index contributed by atoms with van der Waals surface area (Å²) >= 11 is 7.66. The smallest absolute Gasteiger partial charge is 0.242 e. The van der Waals surface area contributed by atoms with Crippen molar-refractivity contribution < 1.29 is 4.79 Å². The van der Waals surface area contributed by atoms with Crippen LogP contribution in [-0.4, -0.2) is 23.6 Å². The Hall–Kier alpha value is -0.420. The molecule has 1 aromatic carbocycles. The molecule has 0 radical (unpaired) electrons. The van der Waals surface area contributed by atoms with Crippen LogP contribution in [0.25, 0.3) is 0 Å². The number of thioether (sulfide) groups is 1. The Morgan fingerprint density at radius 3 is 2.88 bits per heavy atom. The van der Waals surface area contributed by atoms with Crippen molar-refractivity contribution in [3.63, 3.8) is 0 Å². The molecule has 0 aromatic heterocycles. The summed E-state index contributed by atoms with van der Waals surface area (Å²) in [6.07, 6.45) is 0. The van der Waals surface area contributed by atoms with Crippen molar-refractivity contribution in [3.05, 3.63) is 29.3 Å². The predicted octanol–water partition coefficient (Wildman–Crippen LogP) is 2.36. The van der Waals surface area contributed by atoms with E-state index in [-0.39, 0.29) is 24.4 Å². The number of rotatable bonds is 2. The van der Waals surface area contributed by atoms with Gasteiger partial charge in [0.25, 0.3) is 0 Å². The van der Waals surface area contributed by atoms with Crippen molar-refractivity contribution in [2.45, 2.75) is 6.04 Å². The Labute approximate surface area is 110 Å². The highest BCUT2D eigenvalue weighted by molar-refractivity contribution is 7.99. The van der Waals surface area contributed by atoms with Gasteiger partial charge in [0.15, 0.2) is 0 Å². The lowest BCUT2D eigenvalue weighted by Gasteiger charge is -2.11. The largest absolute Gasteiger partial charge is 0.323 e. The summed E-state index contributed by atoms with van der Waals surface area (Å²) in [6, 6.07) is 7.13. The van der Waals surface area contributed by atoms with Gasteiger partial charge in [0.1, 0.15) is 0 Å². The van der Waals surface area contributed by atoms with Gasteiger partial charge >= 0.3 is 0 Å². The fourth-order valence-electron chi connectivity index (χ4n) is 1.35. The second-order valence-electron chi connectivity index (χ2n) is 3.24. The summed E-state index contributed by atoms with van der Waals surface area (Å²) in [5.74, 6) is 1.63. The van der Waals surface area contributed by atoms with E-state index in [1.165, 1.54) is 0 Å². The summed E-state index contributed by atoms with van der Waals surface area (Å²) in [4.78, 5) is 11.7. The molecule has 16 heavy (non-hydrogen) atoms. The second-order valence-corrected chi connectivity index (χ2v) is 4.68. The van der Waals surface area contributed by atoms with Crippen LogP contribution in [-0.2, 0) is 4.79 Å². The third-order valence-corrected chi connectivity index (χ3v) is 3.43. The number of carbonyl (C=O) groups excluding carboxylic acids is 1. The van der Waals surface area contributed by atoms with E-state index < -0.39 is 0 Å². The molecular weight excluding hydrogens is 267 g/mol. The van der Waals surface area contributed by atoms with Crippen molar-refractivity contribution >= 4 is 47.4 Å². The number of amides is 1. The zero-order valence-corrected chi connectivity index (χ0v) is 10.8. The van der Waals surface area contributed by atoms with Crippen LogP contribution in [0.5, 0.6) is 0 Å². The van der Waals surface area contributed by atoms with Crippen molar-refractivity contribution in [1.82, 2.24) is 5.32 Å². The Kier molecular flexibility index (Phi) is 5.41. The normalized spacial score (nSPS) is 18.9. The molecule has 1 saturated heterocycles. The average Bonchev–Trinajstić information content (AvgIpc) is 2.74. The van der Waals surface area contributed by atoms with Crippen LogP contribution in [0.1, 0.15) is 0 Å². The fraction of sp³-hybridized carbons (Fsp3) is 0.300. The summed E-state index contributed by atoms with van der Waals surface area (Å²) < 4.78 is 0. The molecule has 1 fully saturated rings. The van der Waals surface area contributed by atoms with E-state index in [1.807, 2.05) is 12.1 Å². The first-order valence-electron chi connectivity index (χ1n) is 4.64. The van der Waals surface area contributed by atoms with Crippen molar-refractivity contribution in [1.29, 1.82) is 0 Å². The molecule has 1 aliphatic heterocycles. The maximum absolute atomic E-state index is 11.7. The van der Waals surface area contributed by atoms with Gasteiger partial charge in [0.2, 0.25) is 5.91 Å². The van der Waals surface area contributed by atoms with Gasteiger partial charge < -0.3 is 5.32 Å². The molecular formula is C10H12Cl2N2OS. The van der Waals surface area contributed by atoms with E-state index in [4.69, 9.17) is 11.6 Å². The van der Waals surface area contributed by atoms with Crippen LogP contribution in [0, 0.1) is 0 Å². The number of carbonyl (C=O) groups is 1. The lowest BCUT2D eigenvalue weighted by molar-refractivity contribution is -0.117. The summed E-state index contributed by atoms with van der Waals surface area (Å²) in [6.45, 7) is 0. The number of nitrogens with one attached hydrogen (secondary N) is 2. The minimum absolute atomic E-state index is 0. The predicted molar refractivity (Wildman–Crippen MR) is 71.6 cm³/mol. The lowest BCUT2D eigenvalue weighted by Crippen LogP contribution is -2.37. The first-order valence-corrected chi connectivity index (χ1v) is 6.17. The van der Waals surface area contributed by atoms with Gasteiger partial charge in [-0.15, -0.1) is 24.2 Å². The Balaban J connectivity index is 0.00000128. The Morgan fingerprint density at radius 2 is 2.25 bits per heavy atom. The van der Waals surface area contributed by atoms with Gasteiger partial charge in [0, 0.05) is 11.6 Å². The zero-order valence-electron chi connectivity index (χ0n) is 8.40. The maximum Gasteiger partial charge on any atom is 0.242 e. The highest BCUT2D eigenvalue weighted by atomic mass is 35.5. The van der Waals surface area contributed by atoms with Crippen LogP contribution < -0.4 is 10.6 Å². The molecule has 1 atom stereocenters. The van der Waals surface area contributed by atoms with Crippen LogP contribution >= 0.6 is 35.8 Å². The molecule has 1 aliphatic rings. The van der Waals surface area contributed by atoms with Crippen molar-refractivity contribution in [3.8, 4) is 0 Å². The van der Waals surface area contributed by atoms with Gasteiger partial charge in [-0.1, -0.05) is 23.7 Å². The fourth-order valence-corrected chi connectivity index (χ4v) is 2.47. The molecule has 0 spiro atoms. The van der Waals surface area contributed by atoms with E-state index in [0.29, 0.717) is 10.7 Å². The molecule has 1 aromatic rings. The molecule has 0 saturated carbocycles. The van der Waals surface area contributed by atoms with Gasteiger partial charge in [-0.05, 0) is 12.1 Å². The van der Waals surface area contributed by atoms with Gasteiger partial charge in [-0.3, -0.25) is 10.1 Å². The van der Waals surface area contributed by atoms with E-state index in [9.17, 15) is 4.79 Å². The van der Waals surface area contributed by atoms with E-state index in [1.54, 1.807) is 23.9 Å². The van der Waals surface area contributed by atoms with Gasteiger partial charge in [-0.25, -0.2) is 0 Å². The number of anilines is 1. The molecule has 2 rings (SSSR count). The number of halogens is 2. The lowest BCUT2D eigenvalue weighted by atomic mass is 10.2. The van der Waals surface area contributed by atoms with Crippen LogP contribution in [0.3, 0.4) is 0 Å². The van der Waals surface area contributed by atoms with E-state index in [0.717, 1.165) is 11.6 Å². The van der Waals surface area contributed by atoms with E-state index >= 15 is 0 Å². The monoisotopic (exact) mass is 278 g/mol. The minimum Gasteiger partial charge on any atom is -0.323 e. The van der Waals surface area contributed by atoms with Crippen LogP contribution in [0.2, 0.25) is 5.02 Å². The summed E-state index contributed by atoms with van der Waals surface area (Å²) in [5, 5.41) is 6.48. The number of hydrogen-bond acceptors (Lipinski definition) is 3. The molecule has 1 amide bonds. The molecule has 1 unspecified atom stereocenters. The topological polar surface area (TPSA) is 41.1 Å². The quantitative estimate of drug-likeness (QED) is 0.873.